The Morgan fingerprint density at radius 2 is 2.15 bits per heavy atom. The number of carbonyl (C=O) groups is 1. The number of aromatic amines is 1. The monoisotopic (exact) mass is 426 g/mol. The average molecular weight is 427 g/mol. The fourth-order valence-corrected chi connectivity index (χ4v) is 7.08. The summed E-state index contributed by atoms with van der Waals surface area (Å²) < 4.78 is 26.9. The minimum absolute atomic E-state index is 0.131. The Morgan fingerprint density at radius 3 is 2.93 bits per heavy atom. The Labute approximate surface area is 167 Å². The van der Waals surface area contributed by atoms with Gasteiger partial charge in [0.2, 0.25) is 10.0 Å². The number of anilines is 1. The van der Waals surface area contributed by atoms with Gasteiger partial charge in [-0.3, -0.25) is 10.1 Å². The Morgan fingerprint density at radius 1 is 1.37 bits per heavy atom. The number of aryl methyl sites for hydroxylation is 1. The van der Waals surface area contributed by atoms with Crippen molar-refractivity contribution in [2.45, 2.75) is 31.1 Å². The van der Waals surface area contributed by atoms with Crippen molar-refractivity contribution in [1.29, 1.82) is 0 Å². The molecule has 2 aliphatic rings. The molecular formula is C17H22N4O3S3. The minimum Gasteiger partial charge on any atom is -0.356 e. The number of thiazole rings is 1. The van der Waals surface area contributed by atoms with Crippen LogP contribution >= 0.6 is 23.1 Å². The number of H-pyrrole nitrogens is 1. The largest absolute Gasteiger partial charge is 0.356 e. The molecule has 27 heavy (non-hydrogen) atoms. The number of fused-ring (bicyclic) bond motifs is 1. The van der Waals surface area contributed by atoms with E-state index in [9.17, 15) is 13.2 Å². The van der Waals surface area contributed by atoms with Crippen LogP contribution in [0.25, 0.3) is 0 Å². The number of hydrogen-bond donors (Lipinski definition) is 2. The van der Waals surface area contributed by atoms with Gasteiger partial charge in [0.25, 0.3) is 5.91 Å². The summed E-state index contributed by atoms with van der Waals surface area (Å²) in [7, 11) is -3.56. The van der Waals surface area contributed by atoms with E-state index in [2.05, 4.69) is 22.2 Å². The van der Waals surface area contributed by atoms with E-state index in [1.165, 1.54) is 32.8 Å². The molecule has 1 amide bonds. The van der Waals surface area contributed by atoms with E-state index in [-0.39, 0.29) is 16.5 Å². The predicted molar refractivity (Wildman–Crippen MR) is 108 cm³/mol. The highest BCUT2D eigenvalue weighted by Crippen LogP contribution is 2.32. The molecule has 2 aromatic heterocycles. The van der Waals surface area contributed by atoms with Gasteiger partial charge >= 0.3 is 0 Å². The molecule has 4 rings (SSSR count). The van der Waals surface area contributed by atoms with Crippen molar-refractivity contribution >= 4 is 44.2 Å². The van der Waals surface area contributed by atoms with Crippen LogP contribution in [-0.4, -0.2) is 53.2 Å². The summed E-state index contributed by atoms with van der Waals surface area (Å²) >= 11 is 3.26. The van der Waals surface area contributed by atoms with Crippen molar-refractivity contribution in [3.8, 4) is 0 Å². The third-order valence-corrected chi connectivity index (χ3v) is 8.77. The molecule has 2 aromatic rings. The van der Waals surface area contributed by atoms with Gasteiger partial charge in [-0.25, -0.2) is 13.4 Å². The lowest BCUT2D eigenvalue weighted by Crippen LogP contribution is -2.37. The van der Waals surface area contributed by atoms with Gasteiger partial charge in [0.1, 0.15) is 10.6 Å². The second-order valence-corrected chi connectivity index (χ2v) is 11.2. The molecule has 0 bridgehead atoms. The maximum Gasteiger partial charge on any atom is 0.273 e. The van der Waals surface area contributed by atoms with E-state index in [4.69, 9.17) is 0 Å². The van der Waals surface area contributed by atoms with Crippen molar-refractivity contribution in [3.63, 3.8) is 0 Å². The first-order chi connectivity index (χ1) is 12.9. The highest BCUT2D eigenvalue weighted by Gasteiger charge is 2.28. The van der Waals surface area contributed by atoms with Gasteiger partial charge in [-0.15, -0.1) is 11.3 Å². The third kappa shape index (κ3) is 3.94. The van der Waals surface area contributed by atoms with Crippen molar-refractivity contribution in [2.24, 2.45) is 5.92 Å². The van der Waals surface area contributed by atoms with Crippen LogP contribution in [0.15, 0.2) is 17.2 Å². The molecule has 3 heterocycles. The van der Waals surface area contributed by atoms with Crippen LogP contribution in [0.3, 0.4) is 0 Å². The molecular weight excluding hydrogens is 404 g/mol. The van der Waals surface area contributed by atoms with Gasteiger partial charge in [0.15, 0.2) is 5.13 Å². The van der Waals surface area contributed by atoms with Crippen LogP contribution in [0.1, 0.15) is 34.4 Å². The fraction of sp³-hybridized carbons (Fsp3) is 0.529. The molecule has 0 aromatic carbocycles. The normalized spacial score (nSPS) is 21.0. The predicted octanol–water partition coefficient (Wildman–Crippen LogP) is 2.59. The second-order valence-electron chi connectivity index (χ2n) is 6.96. The highest BCUT2D eigenvalue weighted by molar-refractivity contribution is 7.99. The molecule has 1 atom stereocenters. The minimum atomic E-state index is -3.56. The van der Waals surface area contributed by atoms with E-state index >= 15 is 0 Å². The highest BCUT2D eigenvalue weighted by atomic mass is 32.2. The van der Waals surface area contributed by atoms with Crippen LogP contribution in [0.5, 0.6) is 0 Å². The number of carbonyl (C=O) groups excluding carboxylic acids is 1. The van der Waals surface area contributed by atoms with Gasteiger partial charge in [0, 0.05) is 35.7 Å². The van der Waals surface area contributed by atoms with Crippen LogP contribution < -0.4 is 5.32 Å². The summed E-state index contributed by atoms with van der Waals surface area (Å²) in [5.74, 6) is 1.87. The Kier molecular flexibility index (Phi) is 5.32. The maximum atomic E-state index is 12.7. The van der Waals surface area contributed by atoms with Crippen LogP contribution in [-0.2, 0) is 22.9 Å². The molecule has 0 spiro atoms. The van der Waals surface area contributed by atoms with Crippen molar-refractivity contribution in [3.05, 3.63) is 28.5 Å². The van der Waals surface area contributed by atoms with E-state index in [1.54, 1.807) is 11.8 Å². The smallest absolute Gasteiger partial charge is 0.273 e. The van der Waals surface area contributed by atoms with Gasteiger partial charge in [-0.2, -0.15) is 16.1 Å². The van der Waals surface area contributed by atoms with Crippen LogP contribution in [0.4, 0.5) is 5.13 Å². The summed E-state index contributed by atoms with van der Waals surface area (Å²) in [5, 5.41) is 3.38. The maximum absolute atomic E-state index is 12.7. The lowest BCUT2D eigenvalue weighted by Gasteiger charge is -2.24. The number of nitrogens with one attached hydrogen (secondary N) is 2. The number of aromatic nitrogens is 2. The van der Waals surface area contributed by atoms with Crippen molar-refractivity contribution in [2.75, 3.05) is 29.9 Å². The number of sulfonamides is 1. The first-order valence-electron chi connectivity index (χ1n) is 9.00. The number of rotatable bonds is 4. The van der Waals surface area contributed by atoms with Gasteiger partial charge in [-0.1, -0.05) is 6.92 Å². The molecule has 1 aliphatic carbocycles. The summed E-state index contributed by atoms with van der Waals surface area (Å²) in [4.78, 5) is 21.2. The summed E-state index contributed by atoms with van der Waals surface area (Å²) in [5.41, 5.74) is 1.30. The number of amides is 1. The molecule has 0 saturated carbocycles. The molecule has 7 nitrogen and oxygen atoms in total. The molecule has 1 fully saturated rings. The van der Waals surface area contributed by atoms with E-state index in [0.29, 0.717) is 24.1 Å². The van der Waals surface area contributed by atoms with Gasteiger partial charge in [-0.05, 0) is 31.2 Å². The van der Waals surface area contributed by atoms with E-state index in [0.717, 1.165) is 36.5 Å². The van der Waals surface area contributed by atoms with Crippen molar-refractivity contribution in [1.82, 2.24) is 14.3 Å². The second kappa shape index (κ2) is 7.57. The fourth-order valence-electron chi connectivity index (χ4n) is 3.35. The number of hydrogen-bond acceptors (Lipinski definition) is 6. The third-order valence-electron chi connectivity index (χ3n) is 4.92. The molecule has 10 heteroatoms. The van der Waals surface area contributed by atoms with Gasteiger partial charge in [0.05, 0.1) is 5.69 Å². The zero-order valence-electron chi connectivity index (χ0n) is 15.0. The molecule has 146 valence electrons. The molecule has 0 radical (unpaired) electrons. The average Bonchev–Trinajstić information content (AvgIpc) is 3.29. The Bertz CT molecular complexity index is 945. The zero-order chi connectivity index (χ0) is 19.0. The molecule has 1 saturated heterocycles. The van der Waals surface area contributed by atoms with Crippen LogP contribution in [0, 0.1) is 5.92 Å². The van der Waals surface area contributed by atoms with Crippen LogP contribution in [0.2, 0.25) is 0 Å². The number of nitrogens with zero attached hydrogens (tertiary/aromatic N) is 2. The Balaban J connectivity index is 1.47. The first-order valence-corrected chi connectivity index (χ1v) is 12.4. The quantitative estimate of drug-likeness (QED) is 0.784. The molecule has 1 aliphatic heterocycles. The lowest BCUT2D eigenvalue weighted by molar-refractivity contribution is 0.102. The summed E-state index contributed by atoms with van der Waals surface area (Å²) in [6, 6.07) is 1.40. The lowest BCUT2D eigenvalue weighted by atomic mass is 9.93. The van der Waals surface area contributed by atoms with E-state index < -0.39 is 10.0 Å². The summed E-state index contributed by atoms with van der Waals surface area (Å²) in [6.07, 6.45) is 4.46. The summed E-state index contributed by atoms with van der Waals surface area (Å²) in [6.45, 7) is 3.23. The topological polar surface area (TPSA) is 95.2 Å². The standard InChI is InChI=1S/C17H22N4O3S3/c1-11-2-3-13-15(8-11)26-17(19-13)20-16(22)14-9-12(10-18-14)27(23,24)21-4-6-25-7-5-21/h9-11,18H,2-8H2,1H3,(H,19,20,22). The van der Waals surface area contributed by atoms with E-state index in [1.807, 2.05) is 0 Å². The SMILES string of the molecule is CC1CCc2nc(NC(=O)c3cc(S(=O)(=O)N4CCSCC4)c[nH]3)sc2C1. The molecule has 1 unspecified atom stereocenters. The van der Waals surface area contributed by atoms with Gasteiger partial charge < -0.3 is 4.98 Å². The zero-order valence-corrected chi connectivity index (χ0v) is 17.5. The number of thioether (sulfide) groups is 1. The Hall–Kier alpha value is -1.36. The first kappa shape index (κ1) is 19.0. The van der Waals surface area contributed by atoms with Crippen molar-refractivity contribution < 1.29 is 13.2 Å². The molecule has 2 N–H and O–H groups in total.